The fourth-order valence-electron chi connectivity index (χ4n) is 2.38. The molecule has 1 atom stereocenters. The van der Waals surface area contributed by atoms with E-state index in [9.17, 15) is 4.21 Å². The summed E-state index contributed by atoms with van der Waals surface area (Å²) < 4.78 is 15.8. The maximum absolute atomic E-state index is 11.8. The molecule has 16 heavy (non-hydrogen) atoms. The summed E-state index contributed by atoms with van der Waals surface area (Å²) in [6, 6.07) is 0. The van der Waals surface area contributed by atoms with Crippen LogP contribution in [0.5, 0.6) is 0 Å². The van der Waals surface area contributed by atoms with Crippen molar-refractivity contribution in [3.8, 4) is 0 Å². The maximum atomic E-state index is 11.8. The molecule has 0 N–H and O–H groups in total. The molecule has 2 saturated carbocycles. The third-order valence-corrected chi connectivity index (χ3v) is 5.30. The van der Waals surface area contributed by atoms with Gasteiger partial charge < -0.3 is 0 Å². The molecule has 0 aliphatic heterocycles. The van der Waals surface area contributed by atoms with Crippen molar-refractivity contribution in [2.75, 3.05) is 0 Å². The maximum Gasteiger partial charge on any atom is 0.144 e. The van der Waals surface area contributed by atoms with Crippen LogP contribution in [0.2, 0.25) is 0 Å². The number of rotatable bonds is 2. The summed E-state index contributed by atoms with van der Waals surface area (Å²) in [5, 5.41) is 0. The fraction of sp³-hybridized carbons (Fsp3) is 0.923. The van der Waals surface area contributed by atoms with Crippen LogP contribution in [0, 0.1) is 11.3 Å². The quantitative estimate of drug-likeness (QED) is 0.680. The summed E-state index contributed by atoms with van der Waals surface area (Å²) in [5.74, 6) is 0.581. The molecule has 2 nitrogen and oxygen atoms in total. The average Bonchev–Trinajstić information content (AvgIpc) is 2.96. The summed E-state index contributed by atoms with van der Waals surface area (Å²) in [4.78, 5) is 0. The molecule has 0 radical (unpaired) electrons. The third kappa shape index (κ3) is 2.93. The predicted octanol–water partition coefficient (Wildman–Crippen LogP) is 3.49. The van der Waals surface area contributed by atoms with E-state index >= 15 is 0 Å². The first-order chi connectivity index (χ1) is 7.41. The molecule has 3 heteroatoms. The predicted molar refractivity (Wildman–Crippen MR) is 70.0 cm³/mol. The van der Waals surface area contributed by atoms with Crippen molar-refractivity contribution in [3.05, 3.63) is 0 Å². The second kappa shape index (κ2) is 4.25. The van der Waals surface area contributed by atoms with Gasteiger partial charge in [0.2, 0.25) is 0 Å². The summed E-state index contributed by atoms with van der Waals surface area (Å²) in [6.45, 7) is 5.92. The molecule has 92 valence electrons. The first-order valence-corrected chi connectivity index (χ1v) is 7.48. The van der Waals surface area contributed by atoms with Crippen LogP contribution in [0.4, 0.5) is 0 Å². The van der Waals surface area contributed by atoms with Crippen LogP contribution in [0.3, 0.4) is 0 Å². The van der Waals surface area contributed by atoms with E-state index in [0.29, 0.717) is 5.92 Å². The molecule has 2 aliphatic carbocycles. The summed E-state index contributed by atoms with van der Waals surface area (Å²) in [5.41, 5.74) is 0.744. The fourth-order valence-corrected chi connectivity index (χ4v) is 2.98. The first kappa shape index (κ1) is 12.3. The van der Waals surface area contributed by atoms with Gasteiger partial charge in [0.25, 0.3) is 0 Å². The molecule has 0 aromatic heterocycles. The second-order valence-corrected chi connectivity index (χ2v) is 8.39. The number of hydrogen-bond acceptors (Lipinski definition) is 1. The molecule has 2 rings (SSSR count). The lowest BCUT2D eigenvalue weighted by Crippen LogP contribution is -2.21. The molecule has 0 saturated heterocycles. The van der Waals surface area contributed by atoms with Gasteiger partial charge in [0, 0.05) is 6.21 Å². The lowest BCUT2D eigenvalue weighted by Gasteiger charge is -2.25. The Morgan fingerprint density at radius 2 is 1.75 bits per heavy atom. The van der Waals surface area contributed by atoms with Gasteiger partial charge in [-0.2, -0.15) is 4.40 Å². The Hall–Kier alpha value is -0.180. The van der Waals surface area contributed by atoms with E-state index in [4.69, 9.17) is 0 Å². The minimum absolute atomic E-state index is 0.219. The topological polar surface area (TPSA) is 29.4 Å². The summed E-state index contributed by atoms with van der Waals surface area (Å²) >= 11 is 0. The molecule has 0 unspecified atom stereocenters. The van der Waals surface area contributed by atoms with Gasteiger partial charge in [-0.25, -0.2) is 4.21 Å². The van der Waals surface area contributed by atoms with E-state index in [-0.39, 0.29) is 4.75 Å². The van der Waals surface area contributed by atoms with Gasteiger partial charge in [-0.3, -0.25) is 0 Å². The highest BCUT2D eigenvalue weighted by Gasteiger charge is 2.44. The molecule has 2 aliphatic rings. The van der Waals surface area contributed by atoms with E-state index < -0.39 is 11.0 Å². The molecule has 2 fully saturated rings. The summed E-state index contributed by atoms with van der Waals surface area (Å²) in [6.07, 6.45) is 10.1. The van der Waals surface area contributed by atoms with Crippen molar-refractivity contribution < 1.29 is 4.21 Å². The molecule has 0 bridgehead atoms. The lowest BCUT2D eigenvalue weighted by atomic mass is 9.80. The zero-order valence-corrected chi connectivity index (χ0v) is 11.5. The monoisotopic (exact) mass is 241 g/mol. The first-order valence-electron chi connectivity index (χ1n) is 6.38. The van der Waals surface area contributed by atoms with Crippen molar-refractivity contribution in [1.29, 1.82) is 0 Å². The largest absolute Gasteiger partial charge is 0.234 e. The van der Waals surface area contributed by atoms with Gasteiger partial charge in [0.15, 0.2) is 0 Å². The van der Waals surface area contributed by atoms with Crippen LogP contribution >= 0.6 is 0 Å². The second-order valence-electron chi connectivity index (χ2n) is 6.45. The van der Waals surface area contributed by atoms with Crippen molar-refractivity contribution in [3.63, 3.8) is 0 Å². The lowest BCUT2D eigenvalue weighted by molar-refractivity contribution is 0.305. The zero-order chi connectivity index (χ0) is 11.8. The zero-order valence-electron chi connectivity index (χ0n) is 10.7. The number of hydrogen-bond donors (Lipinski definition) is 0. The van der Waals surface area contributed by atoms with Crippen LogP contribution in [0.25, 0.3) is 0 Å². The van der Waals surface area contributed by atoms with Crippen LogP contribution in [-0.4, -0.2) is 15.2 Å². The molecule has 1 spiro atoms. The van der Waals surface area contributed by atoms with Gasteiger partial charge in [-0.15, -0.1) is 0 Å². The third-order valence-electron chi connectivity index (χ3n) is 3.94. The SMILES string of the molecule is CC(C)(C)[S@@](=O)/N=C/C1CCC2(CC1)CC2. The Bertz CT molecular complexity index is 302. The smallest absolute Gasteiger partial charge is 0.144 e. The Morgan fingerprint density at radius 3 is 2.19 bits per heavy atom. The van der Waals surface area contributed by atoms with E-state index in [1.807, 2.05) is 27.0 Å². The van der Waals surface area contributed by atoms with E-state index in [0.717, 1.165) is 5.41 Å². The average molecular weight is 241 g/mol. The highest BCUT2D eigenvalue weighted by Crippen LogP contribution is 2.56. The van der Waals surface area contributed by atoms with Gasteiger partial charge >= 0.3 is 0 Å². The van der Waals surface area contributed by atoms with Crippen LogP contribution < -0.4 is 0 Å². The minimum atomic E-state index is -1.07. The number of nitrogens with zero attached hydrogens (tertiary/aromatic N) is 1. The molecule has 0 aromatic carbocycles. The van der Waals surface area contributed by atoms with Crippen LogP contribution in [-0.2, 0) is 11.0 Å². The van der Waals surface area contributed by atoms with Crippen molar-refractivity contribution >= 4 is 17.2 Å². The van der Waals surface area contributed by atoms with E-state index in [2.05, 4.69) is 4.40 Å². The highest BCUT2D eigenvalue weighted by atomic mass is 32.2. The highest BCUT2D eigenvalue weighted by molar-refractivity contribution is 7.85. The Kier molecular flexibility index (Phi) is 3.26. The molecule has 0 heterocycles. The van der Waals surface area contributed by atoms with Crippen molar-refractivity contribution in [2.24, 2.45) is 15.7 Å². The molecule has 0 aromatic rings. The molecular weight excluding hydrogens is 218 g/mol. The van der Waals surface area contributed by atoms with Crippen molar-refractivity contribution in [1.82, 2.24) is 0 Å². The normalized spacial score (nSPS) is 27.4. The van der Waals surface area contributed by atoms with Crippen LogP contribution in [0.1, 0.15) is 59.3 Å². The Morgan fingerprint density at radius 1 is 1.19 bits per heavy atom. The van der Waals surface area contributed by atoms with E-state index in [1.54, 1.807) is 0 Å². The molecular formula is C13H23NOS. The van der Waals surface area contributed by atoms with Gasteiger partial charge in [0.05, 0.1) is 4.75 Å². The Labute approximate surface area is 102 Å². The Balaban J connectivity index is 1.82. The van der Waals surface area contributed by atoms with Gasteiger partial charge in [-0.05, 0) is 70.6 Å². The summed E-state index contributed by atoms with van der Waals surface area (Å²) in [7, 11) is -1.07. The van der Waals surface area contributed by atoms with E-state index in [1.165, 1.54) is 38.5 Å². The van der Waals surface area contributed by atoms with Crippen LogP contribution in [0.15, 0.2) is 4.40 Å². The van der Waals surface area contributed by atoms with Crippen molar-refractivity contribution in [2.45, 2.75) is 64.0 Å². The van der Waals surface area contributed by atoms with Gasteiger partial charge in [-0.1, -0.05) is 0 Å². The minimum Gasteiger partial charge on any atom is -0.234 e. The van der Waals surface area contributed by atoms with Gasteiger partial charge in [0.1, 0.15) is 11.0 Å². The molecule has 0 amide bonds. The standard InChI is InChI=1S/C13H23NOS/c1-12(2,3)16(15)14-10-11-4-6-13(7-5-11)8-9-13/h10-11H,4-9H2,1-3H3/b14-10+/t16-/m1/s1.